The molecule has 0 saturated heterocycles. The van der Waals surface area contributed by atoms with Gasteiger partial charge < -0.3 is 10.0 Å². The minimum atomic E-state index is -3.71. The topological polar surface area (TPSA) is 86.6 Å². The second kappa shape index (κ2) is 7.06. The molecule has 0 saturated carbocycles. The lowest BCUT2D eigenvalue weighted by atomic mass is 9.80. The monoisotopic (exact) mass is 319 g/mol. The van der Waals surface area contributed by atoms with Crippen LogP contribution in [0.3, 0.4) is 0 Å². The fourth-order valence-corrected chi connectivity index (χ4v) is 3.48. The maximum absolute atomic E-state index is 12.3. The highest BCUT2D eigenvalue weighted by atomic mass is 32.2. The number of benzene rings is 2. The molecular formula is C15H18BNO4S. The zero-order valence-corrected chi connectivity index (χ0v) is 13.0. The molecule has 0 radical (unpaired) electrons. The zero-order chi connectivity index (χ0) is 16.2. The van der Waals surface area contributed by atoms with E-state index >= 15 is 0 Å². The Morgan fingerprint density at radius 2 is 1.77 bits per heavy atom. The van der Waals surface area contributed by atoms with Crippen LogP contribution >= 0.6 is 0 Å². The Hall–Kier alpha value is -1.67. The first-order chi connectivity index (χ1) is 10.4. The summed E-state index contributed by atoms with van der Waals surface area (Å²) in [6.45, 7) is 1.79. The molecule has 0 spiro atoms. The van der Waals surface area contributed by atoms with E-state index in [1.807, 2.05) is 30.3 Å². The van der Waals surface area contributed by atoms with E-state index < -0.39 is 17.1 Å². The van der Waals surface area contributed by atoms with Crippen molar-refractivity contribution in [3.05, 3.63) is 60.2 Å². The van der Waals surface area contributed by atoms with E-state index in [1.165, 1.54) is 24.3 Å². The molecule has 0 heterocycles. The minimum Gasteiger partial charge on any atom is -0.423 e. The molecule has 0 aliphatic rings. The molecular weight excluding hydrogens is 301 g/mol. The van der Waals surface area contributed by atoms with Gasteiger partial charge in [0.05, 0.1) is 4.90 Å². The van der Waals surface area contributed by atoms with E-state index in [1.54, 1.807) is 6.92 Å². The van der Waals surface area contributed by atoms with Crippen LogP contribution in [0.5, 0.6) is 0 Å². The summed E-state index contributed by atoms with van der Waals surface area (Å²) in [5.41, 5.74) is 1.18. The van der Waals surface area contributed by atoms with Crippen molar-refractivity contribution in [2.75, 3.05) is 0 Å². The zero-order valence-electron chi connectivity index (χ0n) is 12.2. The molecule has 0 aromatic heterocycles. The maximum atomic E-state index is 12.3. The third-order valence-electron chi connectivity index (χ3n) is 3.21. The Balaban J connectivity index is 2.12. The summed E-state index contributed by atoms with van der Waals surface area (Å²) >= 11 is 0. The lowest BCUT2D eigenvalue weighted by Gasteiger charge is -2.15. The summed E-state index contributed by atoms with van der Waals surface area (Å²) in [5, 5.41) is 18.3. The standard InChI is InChI=1S/C15H18BNO4S/c1-12(10-13-6-3-2-4-7-13)17-22(20,21)15-9-5-8-14(11-15)16(18)19/h2-9,11-12,17-19H,10H2,1H3. The highest BCUT2D eigenvalue weighted by molar-refractivity contribution is 7.89. The summed E-state index contributed by atoms with van der Waals surface area (Å²) < 4.78 is 27.3. The Labute approximate surface area is 130 Å². The van der Waals surface area contributed by atoms with Crippen molar-refractivity contribution in [2.24, 2.45) is 0 Å². The van der Waals surface area contributed by atoms with Gasteiger partial charge in [0.2, 0.25) is 10.0 Å². The molecule has 0 fully saturated rings. The molecule has 0 aliphatic carbocycles. The van der Waals surface area contributed by atoms with Crippen LogP contribution in [-0.4, -0.2) is 31.6 Å². The highest BCUT2D eigenvalue weighted by Crippen LogP contribution is 2.10. The second-order valence-corrected chi connectivity index (χ2v) is 6.87. The molecule has 0 bridgehead atoms. The van der Waals surface area contributed by atoms with Crippen molar-refractivity contribution in [1.82, 2.24) is 4.72 Å². The van der Waals surface area contributed by atoms with Gasteiger partial charge in [0.15, 0.2) is 0 Å². The van der Waals surface area contributed by atoms with Crippen LogP contribution in [0, 0.1) is 0 Å². The van der Waals surface area contributed by atoms with Gasteiger partial charge in [0.1, 0.15) is 0 Å². The maximum Gasteiger partial charge on any atom is 0.488 e. The van der Waals surface area contributed by atoms with Gasteiger partial charge in [-0.3, -0.25) is 0 Å². The fraction of sp³-hybridized carbons (Fsp3) is 0.200. The fourth-order valence-electron chi connectivity index (χ4n) is 2.18. The molecule has 0 aliphatic heterocycles. The number of hydrogen-bond acceptors (Lipinski definition) is 4. The quantitative estimate of drug-likeness (QED) is 0.668. The highest BCUT2D eigenvalue weighted by Gasteiger charge is 2.20. The first-order valence-corrected chi connectivity index (χ1v) is 8.39. The van der Waals surface area contributed by atoms with Gasteiger partial charge >= 0.3 is 7.12 Å². The van der Waals surface area contributed by atoms with E-state index in [0.717, 1.165) is 5.56 Å². The summed E-state index contributed by atoms with van der Waals surface area (Å²) in [5.74, 6) is 0. The molecule has 2 aromatic rings. The average Bonchev–Trinajstić information content (AvgIpc) is 2.47. The van der Waals surface area contributed by atoms with Crippen molar-refractivity contribution in [3.63, 3.8) is 0 Å². The molecule has 1 unspecified atom stereocenters. The molecule has 3 N–H and O–H groups in total. The van der Waals surface area contributed by atoms with Gasteiger partial charge in [-0.2, -0.15) is 0 Å². The molecule has 22 heavy (non-hydrogen) atoms. The lowest BCUT2D eigenvalue weighted by Crippen LogP contribution is -2.35. The molecule has 2 rings (SSSR count). The Kier molecular flexibility index (Phi) is 5.36. The van der Waals surface area contributed by atoms with Gasteiger partial charge in [0.25, 0.3) is 0 Å². The van der Waals surface area contributed by atoms with Crippen molar-refractivity contribution >= 4 is 22.6 Å². The number of nitrogens with one attached hydrogen (secondary N) is 1. The number of rotatable bonds is 6. The summed E-state index contributed by atoms with van der Waals surface area (Å²) in [7, 11) is -5.41. The van der Waals surface area contributed by atoms with E-state index in [9.17, 15) is 8.42 Å². The predicted octanol–water partition coefficient (Wildman–Crippen LogP) is 0.276. The first kappa shape index (κ1) is 16.7. The molecule has 116 valence electrons. The Morgan fingerprint density at radius 3 is 2.41 bits per heavy atom. The van der Waals surface area contributed by atoms with Gasteiger partial charge in [-0.05, 0) is 36.5 Å². The molecule has 1 atom stereocenters. The average molecular weight is 319 g/mol. The van der Waals surface area contributed by atoms with Crippen molar-refractivity contribution in [3.8, 4) is 0 Å². The number of hydrogen-bond donors (Lipinski definition) is 3. The van der Waals surface area contributed by atoms with Gasteiger partial charge in [-0.15, -0.1) is 0 Å². The van der Waals surface area contributed by atoms with E-state index in [0.29, 0.717) is 6.42 Å². The van der Waals surface area contributed by atoms with Crippen molar-refractivity contribution in [2.45, 2.75) is 24.3 Å². The van der Waals surface area contributed by atoms with Crippen LogP contribution in [0.25, 0.3) is 0 Å². The van der Waals surface area contributed by atoms with Crippen LogP contribution in [0.4, 0.5) is 0 Å². The van der Waals surface area contributed by atoms with E-state index in [4.69, 9.17) is 10.0 Å². The Morgan fingerprint density at radius 1 is 1.09 bits per heavy atom. The molecule has 5 nitrogen and oxygen atoms in total. The second-order valence-electron chi connectivity index (χ2n) is 5.16. The first-order valence-electron chi connectivity index (χ1n) is 6.91. The molecule has 2 aromatic carbocycles. The van der Waals surface area contributed by atoms with Crippen LogP contribution < -0.4 is 10.2 Å². The van der Waals surface area contributed by atoms with E-state index in [-0.39, 0.29) is 16.4 Å². The molecule has 7 heteroatoms. The van der Waals surface area contributed by atoms with Crippen LogP contribution in [0.1, 0.15) is 12.5 Å². The van der Waals surface area contributed by atoms with Crippen molar-refractivity contribution < 1.29 is 18.5 Å². The Bertz CT molecular complexity index is 719. The van der Waals surface area contributed by atoms with Crippen LogP contribution in [-0.2, 0) is 16.4 Å². The third-order valence-corrected chi connectivity index (χ3v) is 4.79. The van der Waals surface area contributed by atoms with Gasteiger partial charge in [0, 0.05) is 6.04 Å². The SMILES string of the molecule is CC(Cc1ccccc1)NS(=O)(=O)c1cccc(B(O)O)c1. The largest absolute Gasteiger partial charge is 0.488 e. The smallest absolute Gasteiger partial charge is 0.423 e. The molecule has 0 amide bonds. The van der Waals surface area contributed by atoms with Gasteiger partial charge in [-0.25, -0.2) is 13.1 Å². The lowest BCUT2D eigenvalue weighted by molar-refractivity contribution is 0.425. The van der Waals surface area contributed by atoms with Gasteiger partial charge in [-0.1, -0.05) is 42.5 Å². The van der Waals surface area contributed by atoms with E-state index in [2.05, 4.69) is 4.72 Å². The van der Waals surface area contributed by atoms with Crippen LogP contribution in [0.15, 0.2) is 59.5 Å². The number of sulfonamides is 1. The predicted molar refractivity (Wildman–Crippen MR) is 86.2 cm³/mol. The van der Waals surface area contributed by atoms with Crippen LogP contribution in [0.2, 0.25) is 0 Å². The summed E-state index contributed by atoms with van der Waals surface area (Å²) in [6.07, 6.45) is 0.572. The summed E-state index contributed by atoms with van der Waals surface area (Å²) in [4.78, 5) is 0.0120. The minimum absolute atomic E-state index is 0.0120. The normalized spacial score (nSPS) is 12.9. The summed E-state index contributed by atoms with van der Waals surface area (Å²) in [6, 6.07) is 14.9. The third kappa shape index (κ3) is 4.41. The van der Waals surface area contributed by atoms with Crippen molar-refractivity contribution in [1.29, 1.82) is 0 Å².